The fourth-order valence-corrected chi connectivity index (χ4v) is 4.87. The van der Waals surface area contributed by atoms with E-state index in [0.29, 0.717) is 31.6 Å². The Labute approximate surface area is 209 Å². The van der Waals surface area contributed by atoms with Crippen molar-refractivity contribution < 1.29 is 14.6 Å². The molecule has 0 radical (unpaired) electrons. The lowest BCUT2D eigenvalue weighted by Gasteiger charge is -2.37. The monoisotopic (exact) mass is 471 g/mol. The molecule has 184 valence electrons. The highest BCUT2D eigenvalue weighted by Gasteiger charge is 2.40. The van der Waals surface area contributed by atoms with Gasteiger partial charge in [-0.05, 0) is 61.4 Å². The Morgan fingerprint density at radius 1 is 0.857 bits per heavy atom. The number of nitrogens with zero attached hydrogens (tertiary/aromatic N) is 1. The van der Waals surface area contributed by atoms with Crippen molar-refractivity contribution in [1.82, 2.24) is 4.90 Å². The number of unbranched alkanes of at least 4 members (excludes halogenated alkanes) is 3. The van der Waals surface area contributed by atoms with Crippen LogP contribution in [-0.4, -0.2) is 28.2 Å². The van der Waals surface area contributed by atoms with E-state index in [1.165, 1.54) is 12.8 Å². The van der Waals surface area contributed by atoms with E-state index in [1.54, 1.807) is 4.90 Å². The summed E-state index contributed by atoms with van der Waals surface area (Å²) in [4.78, 5) is 15.4. The number of carbonyl (C=O) groups is 1. The van der Waals surface area contributed by atoms with Crippen LogP contribution >= 0.6 is 0 Å². The zero-order valence-corrected chi connectivity index (χ0v) is 20.8. The molecule has 0 aromatic heterocycles. The molecule has 1 fully saturated rings. The van der Waals surface area contributed by atoms with Crippen LogP contribution < -0.4 is 4.74 Å². The second-order valence-corrected chi connectivity index (χ2v) is 9.54. The second-order valence-electron chi connectivity index (χ2n) is 9.54. The lowest BCUT2D eigenvalue weighted by molar-refractivity contribution is -0.0861. The SMILES string of the molecule is CCCCCCOc1ccccc1CN(C(=O)c1ccc(-c2ccccc2)cc1)C1(O)CCCC1. The Morgan fingerprint density at radius 2 is 1.51 bits per heavy atom. The lowest BCUT2D eigenvalue weighted by atomic mass is 10.0. The van der Waals surface area contributed by atoms with Crippen LogP contribution in [-0.2, 0) is 6.54 Å². The average Bonchev–Trinajstić information content (AvgIpc) is 3.35. The number of carbonyl (C=O) groups excluding carboxylic acids is 1. The van der Waals surface area contributed by atoms with E-state index in [2.05, 4.69) is 19.1 Å². The van der Waals surface area contributed by atoms with Gasteiger partial charge in [-0.25, -0.2) is 0 Å². The molecule has 35 heavy (non-hydrogen) atoms. The summed E-state index contributed by atoms with van der Waals surface area (Å²) in [5, 5.41) is 11.5. The maximum atomic E-state index is 13.8. The van der Waals surface area contributed by atoms with E-state index in [9.17, 15) is 9.90 Å². The van der Waals surface area contributed by atoms with Crippen LogP contribution in [0.3, 0.4) is 0 Å². The summed E-state index contributed by atoms with van der Waals surface area (Å²) in [5.74, 6) is 0.648. The minimum Gasteiger partial charge on any atom is -0.493 e. The van der Waals surface area contributed by atoms with E-state index in [1.807, 2.05) is 66.7 Å². The van der Waals surface area contributed by atoms with Gasteiger partial charge in [0, 0.05) is 11.1 Å². The van der Waals surface area contributed by atoms with Crippen LogP contribution in [0, 0.1) is 0 Å². The van der Waals surface area contributed by atoms with Crippen LogP contribution in [0.15, 0.2) is 78.9 Å². The van der Waals surface area contributed by atoms with E-state index in [4.69, 9.17) is 4.74 Å². The van der Waals surface area contributed by atoms with Crippen molar-refractivity contribution in [3.05, 3.63) is 90.0 Å². The molecule has 3 aromatic carbocycles. The number of hydrogen-bond donors (Lipinski definition) is 1. The largest absolute Gasteiger partial charge is 0.493 e. The summed E-state index contributed by atoms with van der Waals surface area (Å²) in [6.07, 6.45) is 7.61. The zero-order chi connectivity index (χ0) is 24.5. The van der Waals surface area contributed by atoms with Gasteiger partial charge < -0.3 is 14.7 Å². The molecule has 0 bridgehead atoms. The minimum absolute atomic E-state index is 0.147. The molecular formula is C31H37NO3. The first-order valence-electron chi connectivity index (χ1n) is 13.0. The summed E-state index contributed by atoms with van der Waals surface area (Å²) in [5.41, 5.74) is 2.56. The molecule has 0 spiro atoms. The van der Waals surface area contributed by atoms with E-state index in [0.717, 1.165) is 48.1 Å². The van der Waals surface area contributed by atoms with Gasteiger partial charge in [0.05, 0.1) is 13.2 Å². The zero-order valence-electron chi connectivity index (χ0n) is 20.8. The third-order valence-corrected chi connectivity index (χ3v) is 6.95. The number of rotatable bonds is 11. The van der Waals surface area contributed by atoms with Crippen molar-refractivity contribution in [1.29, 1.82) is 0 Å². The highest BCUT2D eigenvalue weighted by atomic mass is 16.5. The summed E-state index contributed by atoms with van der Waals surface area (Å²) >= 11 is 0. The van der Waals surface area contributed by atoms with Crippen LogP contribution in [0.4, 0.5) is 0 Å². The van der Waals surface area contributed by atoms with Gasteiger partial charge in [0.15, 0.2) is 0 Å². The number of amides is 1. The highest BCUT2D eigenvalue weighted by molar-refractivity contribution is 5.95. The topological polar surface area (TPSA) is 49.8 Å². The van der Waals surface area contributed by atoms with Crippen molar-refractivity contribution in [3.8, 4) is 16.9 Å². The first-order chi connectivity index (χ1) is 17.1. The van der Waals surface area contributed by atoms with Gasteiger partial charge in [-0.2, -0.15) is 0 Å². The summed E-state index contributed by atoms with van der Waals surface area (Å²) < 4.78 is 6.11. The Morgan fingerprint density at radius 3 is 2.23 bits per heavy atom. The second kappa shape index (κ2) is 12.0. The van der Waals surface area contributed by atoms with Gasteiger partial charge in [0.2, 0.25) is 0 Å². The third kappa shape index (κ3) is 6.32. The average molecular weight is 472 g/mol. The maximum absolute atomic E-state index is 13.8. The number of ether oxygens (including phenoxy) is 1. The van der Waals surface area contributed by atoms with Crippen LogP contribution in [0.25, 0.3) is 11.1 Å². The molecular weight excluding hydrogens is 434 g/mol. The Balaban J connectivity index is 1.54. The van der Waals surface area contributed by atoms with Crippen molar-refractivity contribution in [3.63, 3.8) is 0 Å². The van der Waals surface area contributed by atoms with Crippen molar-refractivity contribution >= 4 is 5.91 Å². The molecule has 0 unspecified atom stereocenters. The molecule has 4 rings (SSSR count). The van der Waals surface area contributed by atoms with Crippen LogP contribution in [0.5, 0.6) is 5.75 Å². The molecule has 1 amide bonds. The standard InChI is InChI=1S/C31H37NO3/c1-2-3-4-12-23-35-29-16-9-8-15-28(29)24-32(31(34)21-10-11-22-31)30(33)27-19-17-26(18-20-27)25-13-6-5-7-14-25/h5-9,13-20,34H,2-4,10-12,21-24H2,1H3. The molecule has 1 N–H and O–H groups in total. The quantitative estimate of drug-likeness (QED) is 0.237. The van der Waals surface area contributed by atoms with Gasteiger partial charge in [-0.15, -0.1) is 0 Å². The van der Waals surface area contributed by atoms with E-state index in [-0.39, 0.29) is 5.91 Å². The van der Waals surface area contributed by atoms with E-state index < -0.39 is 5.72 Å². The molecule has 0 heterocycles. The number of benzene rings is 3. The minimum atomic E-state index is -1.14. The molecule has 0 saturated heterocycles. The summed E-state index contributed by atoms with van der Waals surface area (Å²) in [7, 11) is 0. The fraction of sp³-hybridized carbons (Fsp3) is 0.387. The predicted octanol–water partition coefficient (Wildman–Crippen LogP) is 7.22. The Kier molecular flexibility index (Phi) is 8.59. The number of para-hydroxylation sites is 1. The molecule has 4 heteroatoms. The molecule has 0 atom stereocenters. The molecule has 1 aliphatic carbocycles. The van der Waals surface area contributed by atoms with Crippen LogP contribution in [0.2, 0.25) is 0 Å². The van der Waals surface area contributed by atoms with E-state index >= 15 is 0 Å². The summed E-state index contributed by atoms with van der Waals surface area (Å²) in [6.45, 7) is 3.18. The third-order valence-electron chi connectivity index (χ3n) is 6.95. The smallest absolute Gasteiger partial charge is 0.256 e. The molecule has 4 nitrogen and oxygen atoms in total. The fourth-order valence-electron chi connectivity index (χ4n) is 4.87. The highest BCUT2D eigenvalue weighted by Crippen LogP contribution is 2.36. The van der Waals surface area contributed by atoms with Crippen molar-refractivity contribution in [2.75, 3.05) is 6.61 Å². The van der Waals surface area contributed by atoms with Gasteiger partial charge in [-0.1, -0.05) is 86.8 Å². The Hall–Kier alpha value is -3.11. The van der Waals surface area contributed by atoms with Gasteiger partial charge in [0.1, 0.15) is 11.5 Å². The Bertz CT molecular complexity index is 1070. The molecule has 1 saturated carbocycles. The molecule has 3 aromatic rings. The summed E-state index contributed by atoms with van der Waals surface area (Å²) in [6, 6.07) is 25.7. The maximum Gasteiger partial charge on any atom is 0.256 e. The molecule has 1 aliphatic rings. The predicted molar refractivity (Wildman–Crippen MR) is 141 cm³/mol. The first-order valence-corrected chi connectivity index (χ1v) is 13.0. The number of hydrogen-bond acceptors (Lipinski definition) is 3. The van der Waals surface area contributed by atoms with Gasteiger partial charge in [-0.3, -0.25) is 4.79 Å². The van der Waals surface area contributed by atoms with Crippen molar-refractivity contribution in [2.45, 2.75) is 70.6 Å². The van der Waals surface area contributed by atoms with Crippen molar-refractivity contribution in [2.24, 2.45) is 0 Å². The normalized spacial score (nSPS) is 14.6. The van der Waals surface area contributed by atoms with Crippen LogP contribution in [0.1, 0.15) is 74.2 Å². The molecule has 0 aliphatic heterocycles. The first kappa shape index (κ1) is 25.0. The number of aliphatic hydroxyl groups is 1. The van der Waals surface area contributed by atoms with Gasteiger partial charge in [0.25, 0.3) is 5.91 Å². The van der Waals surface area contributed by atoms with Gasteiger partial charge >= 0.3 is 0 Å². The lowest BCUT2D eigenvalue weighted by Crippen LogP contribution is -2.49.